The van der Waals surface area contributed by atoms with Crippen molar-refractivity contribution in [3.8, 4) is 0 Å². The van der Waals surface area contributed by atoms with E-state index in [1.54, 1.807) is 0 Å². The van der Waals surface area contributed by atoms with E-state index in [2.05, 4.69) is 12.1 Å². The molecule has 0 aromatic rings. The minimum absolute atomic E-state index is 0.219. The molecule has 0 fully saturated rings. The molecule has 0 aliphatic carbocycles. The Morgan fingerprint density at radius 2 is 2.00 bits per heavy atom. The zero-order valence-electron chi connectivity index (χ0n) is 8.23. The van der Waals surface area contributed by atoms with Crippen LogP contribution in [0.3, 0.4) is 0 Å². The van der Waals surface area contributed by atoms with Gasteiger partial charge in [-0.2, -0.15) is 0 Å². The first-order valence-corrected chi connectivity index (χ1v) is 4.03. The van der Waals surface area contributed by atoms with Crippen LogP contribution in [0.5, 0.6) is 0 Å². The predicted molar refractivity (Wildman–Crippen MR) is 48.4 cm³/mol. The lowest BCUT2D eigenvalue weighted by Gasteiger charge is -2.19. The molecule has 0 saturated carbocycles. The maximum atomic E-state index is 11.0. The molecule has 0 saturated heterocycles. The third kappa shape index (κ3) is 4.91. The second kappa shape index (κ2) is 4.26. The summed E-state index contributed by atoms with van der Waals surface area (Å²) < 4.78 is 0. The van der Waals surface area contributed by atoms with E-state index in [9.17, 15) is 4.79 Å². The molecule has 0 aromatic heterocycles. The highest BCUT2D eigenvalue weighted by molar-refractivity contribution is 5.87. The first-order chi connectivity index (χ1) is 5.37. The number of rotatable bonds is 3. The zero-order valence-corrected chi connectivity index (χ0v) is 8.23. The quantitative estimate of drug-likeness (QED) is 0.519. The molecule has 0 spiro atoms. The van der Waals surface area contributed by atoms with Crippen LogP contribution in [0, 0.1) is 0 Å². The van der Waals surface area contributed by atoms with Crippen LogP contribution >= 0.6 is 0 Å². The van der Waals surface area contributed by atoms with Crippen molar-refractivity contribution in [2.45, 2.75) is 39.7 Å². The maximum absolute atomic E-state index is 11.0. The van der Waals surface area contributed by atoms with Crippen molar-refractivity contribution < 1.29 is 9.63 Å². The Morgan fingerprint density at radius 3 is 2.33 bits per heavy atom. The minimum atomic E-state index is -0.382. The molecular formula is C9H17NO2. The second-order valence-corrected chi connectivity index (χ2v) is 3.70. The first kappa shape index (κ1) is 11.2. The molecule has 0 atom stereocenters. The number of hydrogen-bond acceptors (Lipinski definition) is 3. The van der Waals surface area contributed by atoms with Crippen LogP contribution in [0.15, 0.2) is 12.2 Å². The lowest BCUT2D eigenvalue weighted by atomic mass is 10.1. The molecule has 3 heteroatoms. The Balaban J connectivity index is 3.80. The highest BCUT2D eigenvalue weighted by atomic mass is 16.7. The lowest BCUT2D eigenvalue weighted by Crippen LogP contribution is -2.37. The maximum Gasteiger partial charge on any atom is 0.352 e. The normalized spacial score (nSPS) is 11.0. The van der Waals surface area contributed by atoms with Gasteiger partial charge in [0.2, 0.25) is 0 Å². The summed E-state index contributed by atoms with van der Waals surface area (Å²) in [5.41, 5.74) is 2.89. The van der Waals surface area contributed by atoms with E-state index >= 15 is 0 Å². The van der Waals surface area contributed by atoms with Gasteiger partial charge in [-0.15, -0.1) is 5.48 Å². The molecule has 12 heavy (non-hydrogen) atoms. The number of nitrogens with one attached hydrogen (secondary N) is 1. The van der Waals surface area contributed by atoms with E-state index in [-0.39, 0.29) is 11.5 Å². The topological polar surface area (TPSA) is 38.3 Å². The smallest absolute Gasteiger partial charge is 0.352 e. The Bertz CT molecular complexity index is 179. The molecule has 0 radical (unpaired) electrons. The van der Waals surface area contributed by atoms with Gasteiger partial charge >= 0.3 is 5.97 Å². The average molecular weight is 171 g/mol. The van der Waals surface area contributed by atoms with Crippen LogP contribution in [-0.2, 0) is 9.63 Å². The van der Waals surface area contributed by atoms with Crippen LogP contribution < -0.4 is 5.48 Å². The number of carbonyl (C=O) groups excluding carboxylic acids is 1. The average Bonchev–Trinajstić information content (AvgIpc) is 1.97. The fourth-order valence-corrected chi connectivity index (χ4v) is 0.416. The van der Waals surface area contributed by atoms with Gasteiger partial charge in [0, 0.05) is 11.1 Å². The van der Waals surface area contributed by atoms with Gasteiger partial charge in [-0.1, -0.05) is 13.5 Å². The van der Waals surface area contributed by atoms with Gasteiger partial charge < -0.3 is 4.84 Å². The molecule has 70 valence electrons. The summed E-state index contributed by atoms with van der Waals surface area (Å²) in [6, 6.07) is 0. The van der Waals surface area contributed by atoms with E-state index in [1.165, 1.54) is 0 Å². The van der Waals surface area contributed by atoms with Gasteiger partial charge in [0.05, 0.1) is 0 Å². The van der Waals surface area contributed by atoms with Crippen molar-refractivity contribution in [3.05, 3.63) is 12.2 Å². The van der Waals surface area contributed by atoms with Gasteiger partial charge in [-0.25, -0.2) is 4.79 Å². The van der Waals surface area contributed by atoms with Crippen molar-refractivity contribution in [2.24, 2.45) is 0 Å². The number of hydrogen-bond donors (Lipinski definition) is 1. The number of hydroxylamine groups is 1. The van der Waals surface area contributed by atoms with Gasteiger partial charge in [0.1, 0.15) is 0 Å². The summed E-state index contributed by atoms with van der Waals surface area (Å²) in [7, 11) is 0. The van der Waals surface area contributed by atoms with Gasteiger partial charge in [-0.05, 0) is 27.2 Å². The standard InChI is InChI=1S/C9H17NO2/c1-6-7(2)8(11)12-10-9(3,4)5/h10H,2,6H2,1,3-5H3. The fourth-order valence-electron chi connectivity index (χ4n) is 0.416. The summed E-state index contributed by atoms with van der Waals surface area (Å²) in [5, 5.41) is 0. The van der Waals surface area contributed by atoms with Crippen molar-refractivity contribution in [3.63, 3.8) is 0 Å². The van der Waals surface area contributed by atoms with E-state index in [0.717, 1.165) is 0 Å². The zero-order chi connectivity index (χ0) is 9.78. The molecule has 0 unspecified atom stereocenters. The summed E-state index contributed by atoms with van der Waals surface area (Å²) >= 11 is 0. The molecule has 0 bridgehead atoms. The third-order valence-corrected chi connectivity index (χ3v) is 1.17. The van der Waals surface area contributed by atoms with Crippen molar-refractivity contribution in [2.75, 3.05) is 0 Å². The minimum Gasteiger partial charge on any atom is -0.366 e. The predicted octanol–water partition coefficient (Wildman–Crippen LogP) is 1.80. The lowest BCUT2D eigenvalue weighted by molar-refractivity contribution is -0.150. The van der Waals surface area contributed by atoms with E-state index in [0.29, 0.717) is 12.0 Å². The number of carbonyl (C=O) groups is 1. The molecule has 0 aromatic carbocycles. The van der Waals surface area contributed by atoms with Crippen molar-refractivity contribution in [1.29, 1.82) is 0 Å². The van der Waals surface area contributed by atoms with Crippen molar-refractivity contribution in [1.82, 2.24) is 5.48 Å². The molecule has 0 aliphatic heterocycles. The van der Waals surface area contributed by atoms with Crippen LogP contribution in [0.25, 0.3) is 0 Å². The van der Waals surface area contributed by atoms with Crippen LogP contribution in [0.1, 0.15) is 34.1 Å². The Morgan fingerprint density at radius 1 is 1.50 bits per heavy atom. The molecular weight excluding hydrogens is 154 g/mol. The highest BCUT2D eigenvalue weighted by Gasteiger charge is 2.13. The van der Waals surface area contributed by atoms with Gasteiger partial charge in [0.25, 0.3) is 0 Å². The van der Waals surface area contributed by atoms with Gasteiger partial charge in [0.15, 0.2) is 0 Å². The summed E-state index contributed by atoms with van der Waals surface area (Å²) in [5.74, 6) is -0.382. The monoisotopic (exact) mass is 171 g/mol. The molecule has 0 aliphatic rings. The summed E-state index contributed by atoms with van der Waals surface area (Å²) in [6.07, 6.45) is 0.616. The second-order valence-electron chi connectivity index (χ2n) is 3.70. The summed E-state index contributed by atoms with van der Waals surface area (Å²) in [6.45, 7) is 11.2. The van der Waals surface area contributed by atoms with Crippen molar-refractivity contribution >= 4 is 5.97 Å². The largest absolute Gasteiger partial charge is 0.366 e. The SMILES string of the molecule is C=C(CC)C(=O)ONC(C)(C)C. The molecule has 0 amide bonds. The Kier molecular flexibility index (Phi) is 3.96. The van der Waals surface area contributed by atoms with E-state index in [4.69, 9.17) is 4.84 Å². The summed E-state index contributed by atoms with van der Waals surface area (Å²) in [4.78, 5) is 15.8. The molecule has 0 rings (SSSR count). The van der Waals surface area contributed by atoms with Crippen LogP contribution in [0.2, 0.25) is 0 Å². The van der Waals surface area contributed by atoms with Crippen LogP contribution in [-0.4, -0.2) is 11.5 Å². The Labute approximate surface area is 73.7 Å². The Hall–Kier alpha value is -0.830. The first-order valence-electron chi connectivity index (χ1n) is 4.03. The third-order valence-electron chi connectivity index (χ3n) is 1.17. The fraction of sp³-hybridized carbons (Fsp3) is 0.667. The van der Waals surface area contributed by atoms with Crippen LogP contribution in [0.4, 0.5) is 0 Å². The molecule has 3 nitrogen and oxygen atoms in total. The van der Waals surface area contributed by atoms with E-state index in [1.807, 2.05) is 27.7 Å². The molecule has 1 N–H and O–H groups in total. The van der Waals surface area contributed by atoms with Gasteiger partial charge in [-0.3, -0.25) is 0 Å². The molecule has 0 heterocycles. The highest BCUT2D eigenvalue weighted by Crippen LogP contribution is 2.02. The van der Waals surface area contributed by atoms with E-state index < -0.39 is 0 Å².